The van der Waals surface area contributed by atoms with Crippen molar-refractivity contribution in [1.29, 1.82) is 0 Å². The van der Waals surface area contributed by atoms with E-state index in [1.807, 2.05) is 29.2 Å². The van der Waals surface area contributed by atoms with Gasteiger partial charge in [0.05, 0.1) is 24.7 Å². The van der Waals surface area contributed by atoms with Gasteiger partial charge in [0.1, 0.15) is 5.75 Å². The molecule has 2 aromatic carbocycles. The van der Waals surface area contributed by atoms with Gasteiger partial charge in [0.15, 0.2) is 8.32 Å². The molecular weight excluding hydrogens is 436 g/mol. The number of non-ortho nitro benzene ring substituents is 1. The van der Waals surface area contributed by atoms with Gasteiger partial charge in [0.2, 0.25) is 5.91 Å². The maximum absolute atomic E-state index is 12.7. The zero-order valence-electron chi connectivity index (χ0n) is 20.4. The molecule has 1 heterocycles. The summed E-state index contributed by atoms with van der Waals surface area (Å²) in [6.07, 6.45) is 1.32. The highest BCUT2D eigenvalue weighted by Gasteiger charge is 2.39. The first kappa shape index (κ1) is 24.9. The number of ether oxygens (including phenoxy) is 1. The number of likely N-dealkylation sites (tertiary alicyclic amines) is 1. The highest BCUT2D eigenvalue weighted by atomic mass is 28.4. The van der Waals surface area contributed by atoms with E-state index in [1.54, 1.807) is 19.2 Å². The SMILES string of the molecule is COc1ccc(CN2C(=O)CC[C@@H]2CO[Si](C)(C)C(C)(C)C)cc1-c1cccc([N+](=O)[O-])c1. The minimum absolute atomic E-state index is 0.0255. The number of hydrogen-bond acceptors (Lipinski definition) is 5. The second-order valence-corrected chi connectivity index (χ2v) is 14.9. The Bertz CT molecular complexity index is 1030. The van der Waals surface area contributed by atoms with Crippen LogP contribution in [0.25, 0.3) is 11.1 Å². The third-order valence-corrected chi connectivity index (χ3v) is 11.4. The van der Waals surface area contributed by atoms with E-state index in [-0.39, 0.29) is 22.7 Å². The van der Waals surface area contributed by atoms with Crippen molar-refractivity contribution in [3.63, 3.8) is 0 Å². The first-order valence-electron chi connectivity index (χ1n) is 11.3. The Morgan fingerprint density at radius 1 is 1.18 bits per heavy atom. The molecule has 1 fully saturated rings. The molecule has 33 heavy (non-hydrogen) atoms. The molecule has 3 rings (SSSR count). The Hall–Kier alpha value is -2.71. The highest BCUT2D eigenvalue weighted by molar-refractivity contribution is 6.74. The molecule has 1 aliphatic rings. The van der Waals surface area contributed by atoms with E-state index in [4.69, 9.17) is 9.16 Å². The van der Waals surface area contributed by atoms with Gasteiger partial charge in [-0.2, -0.15) is 0 Å². The number of amides is 1. The van der Waals surface area contributed by atoms with E-state index < -0.39 is 13.2 Å². The van der Waals surface area contributed by atoms with Crippen LogP contribution >= 0.6 is 0 Å². The van der Waals surface area contributed by atoms with E-state index >= 15 is 0 Å². The van der Waals surface area contributed by atoms with E-state index in [0.29, 0.717) is 30.9 Å². The molecular formula is C25H34N2O5Si. The van der Waals surface area contributed by atoms with Gasteiger partial charge in [-0.25, -0.2) is 0 Å². The summed E-state index contributed by atoms with van der Waals surface area (Å²) in [5.74, 6) is 0.761. The molecule has 8 heteroatoms. The molecule has 0 aromatic heterocycles. The van der Waals surface area contributed by atoms with Crippen molar-refractivity contribution in [2.45, 2.75) is 64.3 Å². The normalized spacial score (nSPS) is 16.8. The molecule has 0 N–H and O–H groups in total. The summed E-state index contributed by atoms with van der Waals surface area (Å²) in [5, 5.41) is 11.3. The summed E-state index contributed by atoms with van der Waals surface area (Å²) in [7, 11) is -0.328. The molecule has 1 atom stereocenters. The van der Waals surface area contributed by atoms with Crippen LogP contribution in [0.1, 0.15) is 39.2 Å². The lowest BCUT2D eigenvalue weighted by atomic mass is 10.0. The first-order chi connectivity index (χ1) is 15.4. The highest BCUT2D eigenvalue weighted by Crippen LogP contribution is 2.38. The summed E-state index contributed by atoms with van der Waals surface area (Å²) in [4.78, 5) is 25.4. The molecule has 2 aromatic rings. The van der Waals surface area contributed by atoms with E-state index in [1.165, 1.54) is 6.07 Å². The number of rotatable bonds is 8. The first-order valence-corrected chi connectivity index (χ1v) is 14.2. The van der Waals surface area contributed by atoms with Crippen LogP contribution in [0.15, 0.2) is 42.5 Å². The average molecular weight is 471 g/mol. The minimum Gasteiger partial charge on any atom is -0.496 e. The van der Waals surface area contributed by atoms with E-state index in [0.717, 1.165) is 17.5 Å². The Morgan fingerprint density at radius 2 is 1.91 bits per heavy atom. The second kappa shape index (κ2) is 9.65. The van der Waals surface area contributed by atoms with Crippen LogP contribution in [-0.2, 0) is 15.8 Å². The molecule has 0 radical (unpaired) electrons. The smallest absolute Gasteiger partial charge is 0.270 e. The average Bonchev–Trinajstić information content (AvgIpc) is 3.11. The zero-order chi connectivity index (χ0) is 24.4. The number of nitro groups is 1. The molecule has 0 aliphatic carbocycles. The quantitative estimate of drug-likeness (QED) is 0.277. The van der Waals surface area contributed by atoms with Gasteiger partial charge in [0, 0.05) is 30.7 Å². The van der Waals surface area contributed by atoms with Gasteiger partial charge in [-0.15, -0.1) is 0 Å². The molecule has 0 saturated carbocycles. The van der Waals surface area contributed by atoms with Crippen LogP contribution in [0.4, 0.5) is 5.69 Å². The summed E-state index contributed by atoms with van der Waals surface area (Å²) in [6.45, 7) is 12.1. The molecule has 178 valence electrons. The fourth-order valence-corrected chi connectivity index (χ4v) is 4.81. The fourth-order valence-electron chi connectivity index (χ4n) is 3.77. The summed E-state index contributed by atoms with van der Waals surface area (Å²) in [6, 6.07) is 12.3. The van der Waals surface area contributed by atoms with Gasteiger partial charge in [-0.05, 0) is 47.8 Å². The monoisotopic (exact) mass is 470 g/mol. The zero-order valence-corrected chi connectivity index (χ0v) is 21.4. The number of hydrogen-bond donors (Lipinski definition) is 0. The predicted molar refractivity (Wildman–Crippen MR) is 132 cm³/mol. The van der Waals surface area contributed by atoms with Crippen molar-refractivity contribution in [1.82, 2.24) is 4.90 Å². The summed E-state index contributed by atoms with van der Waals surface area (Å²) in [5.41, 5.74) is 2.44. The van der Waals surface area contributed by atoms with Crippen molar-refractivity contribution in [3.05, 3.63) is 58.1 Å². The Balaban J connectivity index is 1.83. The number of methoxy groups -OCH3 is 1. The third kappa shape index (κ3) is 5.62. The Labute approximate surface area is 197 Å². The van der Waals surface area contributed by atoms with Gasteiger partial charge < -0.3 is 14.1 Å². The van der Waals surface area contributed by atoms with Crippen molar-refractivity contribution in [2.75, 3.05) is 13.7 Å². The molecule has 1 amide bonds. The van der Waals surface area contributed by atoms with Crippen LogP contribution in [0, 0.1) is 10.1 Å². The van der Waals surface area contributed by atoms with Crippen LogP contribution < -0.4 is 4.74 Å². The largest absolute Gasteiger partial charge is 0.496 e. The maximum Gasteiger partial charge on any atom is 0.270 e. The molecule has 0 bridgehead atoms. The fraction of sp³-hybridized carbons (Fsp3) is 0.480. The van der Waals surface area contributed by atoms with Crippen molar-refractivity contribution in [2.24, 2.45) is 0 Å². The molecule has 1 saturated heterocycles. The Kier molecular flexibility index (Phi) is 7.28. The lowest BCUT2D eigenvalue weighted by Gasteiger charge is -2.38. The minimum atomic E-state index is -1.91. The summed E-state index contributed by atoms with van der Waals surface area (Å²) >= 11 is 0. The van der Waals surface area contributed by atoms with Gasteiger partial charge in [-0.1, -0.05) is 39.0 Å². The van der Waals surface area contributed by atoms with Gasteiger partial charge >= 0.3 is 0 Å². The standard InChI is InChI=1S/C25H34N2O5Si/c1-25(2,3)33(5,6)32-17-21-11-13-24(28)26(21)16-18-10-12-23(31-4)22(14-18)19-8-7-9-20(15-19)27(29)30/h7-10,12,14-15,21H,11,13,16-17H2,1-6H3/t21-/m1/s1. The number of nitrogens with zero attached hydrogens (tertiary/aromatic N) is 2. The third-order valence-electron chi connectivity index (χ3n) is 6.88. The predicted octanol–water partition coefficient (Wildman–Crippen LogP) is 5.78. The van der Waals surface area contributed by atoms with Crippen molar-refractivity contribution >= 4 is 19.9 Å². The number of nitro benzene ring substituents is 1. The lowest BCUT2D eigenvalue weighted by Crippen LogP contribution is -2.45. The number of benzene rings is 2. The van der Waals surface area contributed by atoms with Crippen LogP contribution in [0.2, 0.25) is 18.1 Å². The maximum atomic E-state index is 12.7. The molecule has 0 unspecified atom stereocenters. The van der Waals surface area contributed by atoms with Gasteiger partial charge in [-0.3, -0.25) is 14.9 Å². The topological polar surface area (TPSA) is 81.9 Å². The van der Waals surface area contributed by atoms with E-state index in [9.17, 15) is 14.9 Å². The van der Waals surface area contributed by atoms with Crippen molar-refractivity contribution in [3.8, 4) is 16.9 Å². The number of carbonyl (C=O) groups excluding carboxylic acids is 1. The second-order valence-electron chi connectivity index (χ2n) is 10.1. The van der Waals surface area contributed by atoms with Crippen LogP contribution in [0.3, 0.4) is 0 Å². The number of carbonyl (C=O) groups is 1. The molecule has 7 nitrogen and oxygen atoms in total. The van der Waals surface area contributed by atoms with Crippen molar-refractivity contribution < 1.29 is 18.9 Å². The van der Waals surface area contributed by atoms with Crippen LogP contribution in [0.5, 0.6) is 5.75 Å². The van der Waals surface area contributed by atoms with E-state index in [2.05, 4.69) is 33.9 Å². The molecule has 1 aliphatic heterocycles. The Morgan fingerprint density at radius 3 is 2.55 bits per heavy atom. The summed E-state index contributed by atoms with van der Waals surface area (Å²) < 4.78 is 11.9. The molecule has 0 spiro atoms. The van der Waals surface area contributed by atoms with Crippen LogP contribution in [-0.4, -0.2) is 43.8 Å². The van der Waals surface area contributed by atoms with Gasteiger partial charge in [0.25, 0.3) is 5.69 Å². The lowest BCUT2D eigenvalue weighted by molar-refractivity contribution is -0.384.